The van der Waals surface area contributed by atoms with Crippen molar-refractivity contribution in [3.05, 3.63) is 0 Å². The summed E-state index contributed by atoms with van der Waals surface area (Å²) in [7, 11) is -3.55. The zero-order chi connectivity index (χ0) is 14.0. The number of hydrogen-bond donors (Lipinski definition) is 1. The first-order valence-electron chi connectivity index (χ1n) is 5.34. The van der Waals surface area contributed by atoms with Gasteiger partial charge in [-0.05, 0) is 25.7 Å². The number of carbonyl (C=O) groups is 1. The van der Waals surface area contributed by atoms with E-state index in [1.54, 1.807) is 0 Å². The quantitative estimate of drug-likeness (QED) is 0.785. The smallest absolute Gasteiger partial charge is 0.346 e. The summed E-state index contributed by atoms with van der Waals surface area (Å²) in [5.74, 6) is -1.96. The molecule has 0 heterocycles. The number of amides is 1. The van der Waals surface area contributed by atoms with E-state index in [9.17, 15) is 26.4 Å². The van der Waals surface area contributed by atoms with Crippen molar-refractivity contribution in [3.63, 3.8) is 0 Å². The Kier molecular flexibility index (Phi) is 4.60. The van der Waals surface area contributed by atoms with Crippen LogP contribution in [0.15, 0.2) is 0 Å². The molecule has 0 aliphatic heterocycles. The second-order valence-electron chi connectivity index (χ2n) is 4.25. The first kappa shape index (κ1) is 15.2. The number of hydrogen-bond acceptors (Lipinski definition) is 4. The molecule has 106 valence electrons. The highest BCUT2D eigenvalue weighted by Gasteiger charge is 2.40. The molecule has 1 aliphatic carbocycles. The number of alkyl halides is 3. The fraction of sp³-hybridized carbons (Fsp3) is 0.889. The van der Waals surface area contributed by atoms with Crippen molar-refractivity contribution in [3.8, 4) is 0 Å². The van der Waals surface area contributed by atoms with Crippen LogP contribution in [0.5, 0.6) is 0 Å². The maximum absolute atomic E-state index is 12.0. The molecule has 0 aromatic heterocycles. The average molecular weight is 289 g/mol. The van der Waals surface area contributed by atoms with Crippen molar-refractivity contribution in [1.82, 2.24) is 5.32 Å². The molecule has 1 fully saturated rings. The van der Waals surface area contributed by atoms with E-state index in [-0.39, 0.29) is 12.8 Å². The van der Waals surface area contributed by atoms with Crippen LogP contribution in [0.2, 0.25) is 0 Å². The Balaban J connectivity index is 2.39. The van der Waals surface area contributed by atoms with Crippen molar-refractivity contribution in [2.24, 2.45) is 0 Å². The normalized spacial score (nSPS) is 25.8. The third kappa shape index (κ3) is 5.21. The Morgan fingerprint density at radius 3 is 2.11 bits per heavy atom. The zero-order valence-corrected chi connectivity index (χ0v) is 10.5. The van der Waals surface area contributed by atoms with Gasteiger partial charge in [-0.1, -0.05) is 0 Å². The van der Waals surface area contributed by atoms with Gasteiger partial charge in [0.1, 0.15) is 0 Å². The number of halogens is 3. The third-order valence-corrected chi connectivity index (χ3v) is 3.20. The third-order valence-electron chi connectivity index (χ3n) is 2.58. The lowest BCUT2D eigenvalue weighted by atomic mass is 9.93. The zero-order valence-electron chi connectivity index (χ0n) is 9.66. The Labute approximate surface area is 103 Å². The average Bonchev–Trinajstić information content (AvgIpc) is 2.17. The van der Waals surface area contributed by atoms with Crippen molar-refractivity contribution < 1.29 is 30.6 Å². The molecule has 0 bridgehead atoms. The second kappa shape index (κ2) is 5.43. The number of carbonyl (C=O) groups excluding carboxylic acids is 1. The standard InChI is InChI=1S/C9H14F3NO4S/c1-18(15,16)17-7-4-2-6(3-5-7)13-8(14)9(10,11)12/h6-7H,2-5H2,1H3,(H,13,14). The topological polar surface area (TPSA) is 72.5 Å². The molecule has 1 N–H and O–H groups in total. The molecule has 0 unspecified atom stereocenters. The van der Waals surface area contributed by atoms with Gasteiger partial charge in [-0.25, -0.2) is 0 Å². The SMILES string of the molecule is CS(=O)(=O)OC1CCC(NC(=O)C(F)(F)F)CC1. The van der Waals surface area contributed by atoms with Gasteiger partial charge in [0.15, 0.2) is 0 Å². The van der Waals surface area contributed by atoms with E-state index in [2.05, 4.69) is 0 Å². The van der Waals surface area contributed by atoms with Crippen LogP contribution in [-0.4, -0.2) is 38.9 Å². The highest BCUT2D eigenvalue weighted by molar-refractivity contribution is 7.86. The maximum Gasteiger partial charge on any atom is 0.471 e. The largest absolute Gasteiger partial charge is 0.471 e. The van der Waals surface area contributed by atoms with E-state index >= 15 is 0 Å². The van der Waals surface area contributed by atoms with E-state index in [0.29, 0.717) is 12.8 Å². The molecule has 1 rings (SSSR count). The Bertz CT molecular complexity index is 399. The predicted octanol–water partition coefficient (Wildman–Crippen LogP) is 0.952. The molecule has 0 radical (unpaired) electrons. The van der Waals surface area contributed by atoms with Crippen molar-refractivity contribution in [2.75, 3.05) is 6.26 Å². The highest BCUT2D eigenvalue weighted by atomic mass is 32.2. The molecular formula is C9H14F3NO4S. The van der Waals surface area contributed by atoms with Crippen molar-refractivity contribution >= 4 is 16.0 Å². The van der Waals surface area contributed by atoms with Crippen LogP contribution in [0.4, 0.5) is 13.2 Å². The molecule has 18 heavy (non-hydrogen) atoms. The predicted molar refractivity (Wildman–Crippen MR) is 56.2 cm³/mol. The summed E-state index contributed by atoms with van der Waals surface area (Å²) >= 11 is 0. The molecular weight excluding hydrogens is 275 g/mol. The fourth-order valence-electron chi connectivity index (χ4n) is 1.82. The van der Waals surface area contributed by atoms with Crippen LogP contribution in [0.25, 0.3) is 0 Å². The van der Waals surface area contributed by atoms with Gasteiger partial charge in [0.25, 0.3) is 10.1 Å². The molecule has 0 atom stereocenters. The van der Waals surface area contributed by atoms with Gasteiger partial charge in [-0.3, -0.25) is 8.98 Å². The Hall–Kier alpha value is -0.830. The number of rotatable bonds is 3. The molecule has 0 spiro atoms. The summed E-state index contributed by atoms with van der Waals surface area (Å²) in [6, 6.07) is -0.585. The summed E-state index contributed by atoms with van der Waals surface area (Å²) < 4.78 is 62.4. The Morgan fingerprint density at radius 2 is 1.72 bits per heavy atom. The molecule has 5 nitrogen and oxygen atoms in total. The van der Waals surface area contributed by atoms with E-state index in [0.717, 1.165) is 6.26 Å². The minimum absolute atomic E-state index is 0.266. The monoisotopic (exact) mass is 289 g/mol. The summed E-state index contributed by atoms with van der Waals surface area (Å²) in [6.45, 7) is 0. The minimum Gasteiger partial charge on any atom is -0.346 e. The van der Waals surface area contributed by atoms with Crippen molar-refractivity contribution in [1.29, 1.82) is 0 Å². The lowest BCUT2D eigenvalue weighted by Crippen LogP contribution is -2.45. The van der Waals surface area contributed by atoms with Gasteiger partial charge >= 0.3 is 12.1 Å². The van der Waals surface area contributed by atoms with Crippen LogP contribution < -0.4 is 5.32 Å². The molecule has 1 saturated carbocycles. The van der Waals surface area contributed by atoms with Gasteiger partial charge in [-0.2, -0.15) is 21.6 Å². The van der Waals surface area contributed by atoms with Crippen LogP contribution in [0.1, 0.15) is 25.7 Å². The van der Waals surface area contributed by atoms with Gasteiger partial charge in [-0.15, -0.1) is 0 Å². The van der Waals surface area contributed by atoms with Crippen LogP contribution >= 0.6 is 0 Å². The molecule has 0 saturated heterocycles. The van der Waals surface area contributed by atoms with Gasteiger partial charge in [0.2, 0.25) is 0 Å². The fourth-order valence-corrected chi connectivity index (χ4v) is 2.50. The van der Waals surface area contributed by atoms with Crippen LogP contribution in [-0.2, 0) is 19.1 Å². The van der Waals surface area contributed by atoms with Crippen molar-refractivity contribution in [2.45, 2.75) is 44.0 Å². The summed E-state index contributed by atoms with van der Waals surface area (Å²) in [5, 5.41) is 1.87. The molecule has 0 aromatic carbocycles. The summed E-state index contributed by atoms with van der Waals surface area (Å²) in [4.78, 5) is 10.7. The molecule has 1 aliphatic rings. The van der Waals surface area contributed by atoms with Gasteiger partial charge in [0, 0.05) is 6.04 Å². The minimum atomic E-state index is -4.89. The highest BCUT2D eigenvalue weighted by Crippen LogP contribution is 2.23. The molecule has 0 aromatic rings. The second-order valence-corrected chi connectivity index (χ2v) is 5.85. The number of nitrogens with one attached hydrogen (secondary N) is 1. The van der Waals surface area contributed by atoms with E-state index in [1.165, 1.54) is 0 Å². The van der Waals surface area contributed by atoms with Crippen LogP contribution in [0.3, 0.4) is 0 Å². The van der Waals surface area contributed by atoms with E-state index in [1.807, 2.05) is 5.32 Å². The summed E-state index contributed by atoms with van der Waals surface area (Å²) in [6.07, 6.45) is -3.35. The lowest BCUT2D eigenvalue weighted by molar-refractivity contribution is -0.174. The molecule has 9 heteroatoms. The first-order valence-corrected chi connectivity index (χ1v) is 7.15. The Morgan fingerprint density at radius 1 is 1.22 bits per heavy atom. The molecule has 1 amide bonds. The van der Waals surface area contributed by atoms with E-state index < -0.39 is 34.3 Å². The van der Waals surface area contributed by atoms with Gasteiger partial charge in [0.05, 0.1) is 12.4 Å². The van der Waals surface area contributed by atoms with E-state index in [4.69, 9.17) is 4.18 Å². The van der Waals surface area contributed by atoms with Crippen LogP contribution in [0, 0.1) is 0 Å². The lowest BCUT2D eigenvalue weighted by Gasteiger charge is -2.28. The summed E-state index contributed by atoms with van der Waals surface area (Å²) in [5.41, 5.74) is 0. The van der Waals surface area contributed by atoms with Gasteiger partial charge < -0.3 is 5.32 Å². The first-order chi connectivity index (χ1) is 8.08. The maximum atomic E-state index is 12.0.